The van der Waals surface area contributed by atoms with E-state index in [9.17, 15) is 9.18 Å². The van der Waals surface area contributed by atoms with Gasteiger partial charge < -0.3 is 10.5 Å². The first-order valence-corrected chi connectivity index (χ1v) is 5.68. The molecule has 1 aromatic carbocycles. The number of carbonyl (C=O) groups is 1. The first-order chi connectivity index (χ1) is 9.11. The Balaban J connectivity index is 2.23. The van der Waals surface area contributed by atoms with Gasteiger partial charge in [0.2, 0.25) is 0 Å². The van der Waals surface area contributed by atoms with Crippen molar-refractivity contribution < 1.29 is 13.9 Å². The Morgan fingerprint density at radius 2 is 2.21 bits per heavy atom. The largest absolute Gasteiger partial charge is 0.497 e. The normalized spacial score (nSPS) is 10.2. The third-order valence-corrected chi connectivity index (χ3v) is 2.75. The molecule has 0 saturated heterocycles. The molecule has 1 heterocycles. The van der Waals surface area contributed by atoms with Crippen LogP contribution in [0.15, 0.2) is 36.5 Å². The monoisotopic (exact) mass is 260 g/mol. The Kier molecular flexibility index (Phi) is 3.75. The van der Waals surface area contributed by atoms with Gasteiger partial charge in [-0.3, -0.25) is 4.79 Å². The second-order valence-electron chi connectivity index (χ2n) is 3.99. The smallest absolute Gasteiger partial charge is 0.170 e. The number of pyridine rings is 1. The number of carbonyl (C=O) groups excluding carboxylic acids is 1. The second-order valence-corrected chi connectivity index (χ2v) is 3.99. The van der Waals surface area contributed by atoms with Gasteiger partial charge in [0.05, 0.1) is 12.7 Å². The van der Waals surface area contributed by atoms with Crippen LogP contribution >= 0.6 is 0 Å². The van der Waals surface area contributed by atoms with Crippen LogP contribution < -0.4 is 10.5 Å². The average Bonchev–Trinajstić information content (AvgIpc) is 2.41. The lowest BCUT2D eigenvalue weighted by atomic mass is 10.0. The Bertz CT molecular complexity index is 614. The predicted octanol–water partition coefficient (Wildman–Crippen LogP) is 2.24. The number of methoxy groups -OCH3 is 1. The van der Waals surface area contributed by atoms with Crippen molar-refractivity contribution in [2.24, 2.45) is 0 Å². The highest BCUT2D eigenvalue weighted by molar-refractivity contribution is 5.98. The van der Waals surface area contributed by atoms with Crippen LogP contribution in [-0.2, 0) is 6.42 Å². The number of nitrogens with zero attached hydrogens (tertiary/aromatic N) is 1. The quantitative estimate of drug-likeness (QED) is 0.856. The van der Waals surface area contributed by atoms with Gasteiger partial charge >= 0.3 is 0 Å². The number of nitrogen functional groups attached to an aromatic ring is 1. The molecule has 5 heteroatoms. The molecule has 0 saturated carbocycles. The predicted molar refractivity (Wildman–Crippen MR) is 69.6 cm³/mol. The van der Waals surface area contributed by atoms with Crippen LogP contribution in [-0.4, -0.2) is 17.9 Å². The highest BCUT2D eigenvalue weighted by atomic mass is 19.1. The second kappa shape index (κ2) is 5.48. The van der Waals surface area contributed by atoms with E-state index in [1.165, 1.54) is 25.4 Å². The molecule has 4 nitrogen and oxygen atoms in total. The fourth-order valence-corrected chi connectivity index (χ4v) is 1.72. The van der Waals surface area contributed by atoms with Crippen LogP contribution in [0.4, 0.5) is 10.2 Å². The van der Waals surface area contributed by atoms with E-state index in [2.05, 4.69) is 4.98 Å². The van der Waals surface area contributed by atoms with Gasteiger partial charge in [-0.1, -0.05) is 6.07 Å². The topological polar surface area (TPSA) is 65.2 Å². The molecular formula is C14H13FN2O2. The fraction of sp³-hybridized carbons (Fsp3) is 0.143. The van der Waals surface area contributed by atoms with E-state index in [-0.39, 0.29) is 23.6 Å². The van der Waals surface area contributed by atoms with Crippen LogP contribution in [0.5, 0.6) is 5.75 Å². The van der Waals surface area contributed by atoms with Crippen LogP contribution in [0.2, 0.25) is 0 Å². The Hall–Kier alpha value is -2.43. The minimum absolute atomic E-state index is 0.0168. The summed E-state index contributed by atoms with van der Waals surface area (Å²) in [5, 5.41) is 0. The van der Waals surface area contributed by atoms with Crippen LogP contribution in [0.1, 0.15) is 15.9 Å². The summed E-state index contributed by atoms with van der Waals surface area (Å²) in [4.78, 5) is 15.9. The fourth-order valence-electron chi connectivity index (χ4n) is 1.72. The molecule has 0 bridgehead atoms. The molecule has 1 aromatic heterocycles. The van der Waals surface area contributed by atoms with Gasteiger partial charge in [-0.15, -0.1) is 0 Å². The van der Waals surface area contributed by atoms with Gasteiger partial charge in [0.1, 0.15) is 17.4 Å². The number of hydrogen-bond donors (Lipinski definition) is 1. The van der Waals surface area contributed by atoms with Crippen LogP contribution in [0, 0.1) is 5.82 Å². The molecule has 0 radical (unpaired) electrons. The molecule has 2 aromatic rings. The van der Waals surface area contributed by atoms with Crippen molar-refractivity contribution in [3.63, 3.8) is 0 Å². The van der Waals surface area contributed by atoms with E-state index in [0.29, 0.717) is 11.3 Å². The molecule has 2 N–H and O–H groups in total. The number of rotatable bonds is 4. The maximum absolute atomic E-state index is 13.7. The van der Waals surface area contributed by atoms with E-state index in [4.69, 9.17) is 10.5 Å². The maximum atomic E-state index is 13.7. The highest BCUT2D eigenvalue weighted by Gasteiger charge is 2.14. The van der Waals surface area contributed by atoms with Gasteiger partial charge in [0, 0.05) is 24.2 Å². The first kappa shape index (κ1) is 13.0. The lowest BCUT2D eigenvalue weighted by molar-refractivity contribution is 0.0989. The summed E-state index contributed by atoms with van der Waals surface area (Å²) in [5.74, 6) is -0.300. The molecule has 2 rings (SSSR count). The van der Waals surface area contributed by atoms with Crippen molar-refractivity contribution in [2.75, 3.05) is 12.8 Å². The number of ketones is 1. The molecule has 19 heavy (non-hydrogen) atoms. The zero-order valence-corrected chi connectivity index (χ0v) is 10.4. The molecular weight excluding hydrogens is 247 g/mol. The molecule has 0 amide bonds. The number of nitrogens with two attached hydrogens (primary N) is 1. The van der Waals surface area contributed by atoms with E-state index in [1.54, 1.807) is 18.2 Å². The van der Waals surface area contributed by atoms with E-state index in [1.807, 2.05) is 0 Å². The van der Waals surface area contributed by atoms with Crippen molar-refractivity contribution >= 4 is 11.6 Å². The van der Waals surface area contributed by atoms with Crippen LogP contribution in [0.3, 0.4) is 0 Å². The molecule has 0 aliphatic rings. The standard InChI is InChI=1S/C14H13FN2O2/c1-19-10-4-5-11(12(15)8-10)13(18)7-9-3-2-6-17-14(9)16/h2-6,8H,7H2,1H3,(H2,16,17). The van der Waals surface area contributed by atoms with Gasteiger partial charge in [0.15, 0.2) is 5.78 Å². The minimum Gasteiger partial charge on any atom is -0.497 e. The summed E-state index contributed by atoms with van der Waals surface area (Å²) in [7, 11) is 1.44. The van der Waals surface area contributed by atoms with E-state index < -0.39 is 5.82 Å². The Morgan fingerprint density at radius 1 is 1.42 bits per heavy atom. The number of ether oxygens (including phenoxy) is 1. The zero-order chi connectivity index (χ0) is 13.8. The van der Waals surface area contributed by atoms with Crippen molar-refractivity contribution in [1.82, 2.24) is 4.98 Å². The third kappa shape index (κ3) is 2.88. The molecule has 0 spiro atoms. The van der Waals surface area contributed by atoms with E-state index in [0.717, 1.165) is 0 Å². The SMILES string of the molecule is COc1ccc(C(=O)Cc2cccnc2N)c(F)c1. The zero-order valence-electron chi connectivity index (χ0n) is 10.4. The van der Waals surface area contributed by atoms with Crippen molar-refractivity contribution in [2.45, 2.75) is 6.42 Å². The summed E-state index contributed by atoms with van der Waals surface area (Å²) in [6, 6.07) is 7.51. The van der Waals surface area contributed by atoms with Crippen LogP contribution in [0.25, 0.3) is 0 Å². The lowest BCUT2D eigenvalue weighted by Crippen LogP contribution is -2.08. The van der Waals surface area contributed by atoms with E-state index >= 15 is 0 Å². The van der Waals surface area contributed by atoms with Gasteiger partial charge in [-0.25, -0.2) is 9.37 Å². The molecule has 0 aliphatic carbocycles. The first-order valence-electron chi connectivity index (χ1n) is 5.68. The van der Waals surface area contributed by atoms with Gasteiger partial charge in [0.25, 0.3) is 0 Å². The number of anilines is 1. The van der Waals surface area contributed by atoms with Crippen molar-refractivity contribution in [3.05, 3.63) is 53.5 Å². The highest BCUT2D eigenvalue weighted by Crippen LogP contribution is 2.19. The van der Waals surface area contributed by atoms with Crippen molar-refractivity contribution in [3.8, 4) is 5.75 Å². The summed E-state index contributed by atoms with van der Waals surface area (Å²) >= 11 is 0. The third-order valence-electron chi connectivity index (χ3n) is 2.75. The summed E-state index contributed by atoms with van der Waals surface area (Å²) in [6.07, 6.45) is 1.56. The van der Waals surface area contributed by atoms with Gasteiger partial charge in [-0.2, -0.15) is 0 Å². The molecule has 0 fully saturated rings. The van der Waals surface area contributed by atoms with Crippen molar-refractivity contribution in [1.29, 1.82) is 0 Å². The Labute approximate surface area is 110 Å². The average molecular weight is 260 g/mol. The summed E-state index contributed by atoms with van der Waals surface area (Å²) in [6.45, 7) is 0. The minimum atomic E-state index is -0.605. The maximum Gasteiger partial charge on any atom is 0.170 e. The number of halogens is 1. The lowest BCUT2D eigenvalue weighted by Gasteiger charge is -2.06. The number of Topliss-reactive ketones (excluding diaryl/α,β-unsaturated/α-hetero) is 1. The number of aromatic nitrogens is 1. The molecule has 98 valence electrons. The number of hydrogen-bond acceptors (Lipinski definition) is 4. The molecule has 0 aliphatic heterocycles. The Morgan fingerprint density at radius 3 is 2.84 bits per heavy atom. The summed E-state index contributed by atoms with van der Waals surface area (Å²) < 4.78 is 18.6. The molecule has 0 unspecified atom stereocenters. The number of benzene rings is 1. The summed E-state index contributed by atoms with van der Waals surface area (Å²) in [5.41, 5.74) is 6.26. The van der Waals surface area contributed by atoms with Gasteiger partial charge in [-0.05, 0) is 18.2 Å². The molecule has 0 atom stereocenters.